The van der Waals surface area contributed by atoms with Crippen LogP contribution in [0.3, 0.4) is 0 Å². The molecule has 0 saturated carbocycles. The Labute approximate surface area is 284 Å². The van der Waals surface area contributed by atoms with Crippen molar-refractivity contribution < 1.29 is 28.0 Å². The molecule has 0 aromatic heterocycles. The standard InChI is InChI=1S/C38H75NO6S/c1-3-5-7-9-11-13-14-15-16-17-18-19-20-21-22-23-25-26-28-30-32-36(40)35(34-46(43,44)45)39-38(42)37(41)33-31-29-27-24-12-10-8-6-4-2/h30,32,35-37,40-41H,3-29,31,33-34H2,1-2H3,(H,39,42)(H,43,44,45)/b32-30+. The van der Waals surface area contributed by atoms with Crippen LogP contribution in [0.4, 0.5) is 0 Å². The number of carbonyl (C=O) groups is 1. The van der Waals surface area contributed by atoms with E-state index in [0.29, 0.717) is 6.42 Å². The number of unbranched alkanes of at least 4 members (excludes halogenated alkanes) is 26. The van der Waals surface area contributed by atoms with E-state index in [0.717, 1.165) is 38.5 Å². The van der Waals surface area contributed by atoms with Crippen molar-refractivity contribution in [3.63, 3.8) is 0 Å². The fourth-order valence-electron chi connectivity index (χ4n) is 6.04. The van der Waals surface area contributed by atoms with Crippen LogP contribution in [0.2, 0.25) is 0 Å². The molecule has 0 spiro atoms. The van der Waals surface area contributed by atoms with E-state index in [1.807, 2.05) is 0 Å². The summed E-state index contributed by atoms with van der Waals surface area (Å²) < 4.78 is 32.4. The van der Waals surface area contributed by atoms with Gasteiger partial charge in [0.15, 0.2) is 0 Å². The van der Waals surface area contributed by atoms with Crippen LogP contribution < -0.4 is 5.32 Å². The molecule has 0 aliphatic heterocycles. The molecule has 0 rings (SSSR count). The molecule has 1 amide bonds. The number of aliphatic hydroxyl groups excluding tert-OH is 2. The second kappa shape index (κ2) is 32.6. The van der Waals surface area contributed by atoms with Crippen molar-refractivity contribution in [2.75, 3.05) is 5.75 Å². The predicted molar refractivity (Wildman–Crippen MR) is 195 cm³/mol. The highest BCUT2D eigenvalue weighted by Gasteiger charge is 2.27. The molecule has 0 saturated heterocycles. The lowest BCUT2D eigenvalue weighted by Gasteiger charge is -2.22. The first-order chi connectivity index (χ1) is 22.2. The maximum Gasteiger partial charge on any atom is 0.267 e. The van der Waals surface area contributed by atoms with E-state index in [2.05, 4.69) is 19.2 Å². The molecular formula is C38H75NO6S. The largest absolute Gasteiger partial charge is 0.387 e. The lowest BCUT2D eigenvalue weighted by Crippen LogP contribution is -2.50. The number of allylic oxidation sites excluding steroid dienone is 1. The summed E-state index contributed by atoms with van der Waals surface area (Å²) in [5, 5.41) is 23.3. The van der Waals surface area contributed by atoms with E-state index in [1.165, 1.54) is 141 Å². The Morgan fingerprint density at radius 1 is 0.587 bits per heavy atom. The van der Waals surface area contributed by atoms with Crippen molar-refractivity contribution in [2.24, 2.45) is 0 Å². The number of aliphatic hydroxyl groups is 2. The van der Waals surface area contributed by atoms with Crippen molar-refractivity contribution in [3.05, 3.63) is 12.2 Å². The van der Waals surface area contributed by atoms with Gasteiger partial charge in [0.1, 0.15) is 6.10 Å². The Morgan fingerprint density at radius 3 is 1.30 bits per heavy atom. The van der Waals surface area contributed by atoms with Crippen molar-refractivity contribution in [2.45, 2.75) is 218 Å². The zero-order valence-corrected chi connectivity index (χ0v) is 30.9. The van der Waals surface area contributed by atoms with Crippen LogP contribution in [-0.2, 0) is 14.9 Å². The summed E-state index contributed by atoms with van der Waals surface area (Å²) in [6, 6.07) is -1.23. The van der Waals surface area contributed by atoms with Crippen LogP contribution >= 0.6 is 0 Å². The highest BCUT2D eigenvalue weighted by Crippen LogP contribution is 2.15. The number of hydrogen-bond donors (Lipinski definition) is 4. The van der Waals surface area contributed by atoms with Gasteiger partial charge in [0.25, 0.3) is 10.1 Å². The summed E-state index contributed by atoms with van der Waals surface area (Å²) in [7, 11) is -4.43. The van der Waals surface area contributed by atoms with E-state index >= 15 is 0 Å². The topological polar surface area (TPSA) is 124 Å². The molecule has 4 N–H and O–H groups in total. The van der Waals surface area contributed by atoms with Crippen molar-refractivity contribution in [1.82, 2.24) is 5.32 Å². The van der Waals surface area contributed by atoms with Gasteiger partial charge in [0.05, 0.1) is 17.9 Å². The molecule has 7 nitrogen and oxygen atoms in total. The van der Waals surface area contributed by atoms with Gasteiger partial charge in [0.2, 0.25) is 5.91 Å². The van der Waals surface area contributed by atoms with E-state index in [1.54, 1.807) is 6.08 Å². The fraction of sp³-hybridized carbons (Fsp3) is 0.921. The minimum absolute atomic E-state index is 0.283. The van der Waals surface area contributed by atoms with Gasteiger partial charge in [-0.1, -0.05) is 193 Å². The lowest BCUT2D eigenvalue weighted by atomic mass is 10.0. The Hall–Kier alpha value is -0.960. The SMILES string of the molecule is CCCCCCCCCCCCCCCCCCCC/C=C/C(O)C(CS(=O)(=O)O)NC(=O)C(O)CCCCCCCCCCC. The summed E-state index contributed by atoms with van der Waals surface area (Å²) in [4.78, 5) is 12.5. The molecule has 8 heteroatoms. The van der Waals surface area contributed by atoms with Gasteiger partial charge in [-0.05, 0) is 19.3 Å². The van der Waals surface area contributed by atoms with Crippen LogP contribution in [-0.4, -0.2) is 53.1 Å². The minimum atomic E-state index is -4.43. The monoisotopic (exact) mass is 674 g/mol. The van der Waals surface area contributed by atoms with Gasteiger partial charge in [-0.2, -0.15) is 8.42 Å². The number of nitrogens with one attached hydrogen (secondary N) is 1. The van der Waals surface area contributed by atoms with Crippen molar-refractivity contribution in [3.8, 4) is 0 Å². The normalized spacial score (nSPS) is 14.1. The molecule has 274 valence electrons. The molecule has 3 unspecified atom stereocenters. The van der Waals surface area contributed by atoms with Gasteiger partial charge in [-0.25, -0.2) is 0 Å². The highest BCUT2D eigenvalue weighted by atomic mass is 32.2. The van der Waals surface area contributed by atoms with E-state index in [4.69, 9.17) is 0 Å². The van der Waals surface area contributed by atoms with Gasteiger partial charge in [-0.3, -0.25) is 9.35 Å². The molecule has 0 aliphatic rings. The quantitative estimate of drug-likeness (QED) is 0.0302. The van der Waals surface area contributed by atoms with Crippen molar-refractivity contribution >= 4 is 16.0 Å². The summed E-state index contributed by atoms with van der Waals surface area (Å²) in [5.74, 6) is -1.53. The maximum atomic E-state index is 12.5. The Balaban J connectivity index is 3.99. The van der Waals surface area contributed by atoms with E-state index in [-0.39, 0.29) is 6.42 Å². The molecule has 46 heavy (non-hydrogen) atoms. The third kappa shape index (κ3) is 31.6. The van der Waals surface area contributed by atoms with Gasteiger partial charge < -0.3 is 15.5 Å². The first-order valence-electron chi connectivity index (χ1n) is 19.5. The molecular weight excluding hydrogens is 598 g/mol. The number of carbonyl (C=O) groups excluding carboxylic acids is 1. The molecule has 3 atom stereocenters. The van der Waals surface area contributed by atoms with Crippen molar-refractivity contribution in [1.29, 1.82) is 0 Å². The Bertz CT molecular complexity index is 803. The van der Waals surface area contributed by atoms with E-state index < -0.39 is 40.0 Å². The molecule has 0 aromatic rings. The molecule has 0 radical (unpaired) electrons. The molecule has 0 aliphatic carbocycles. The van der Waals surface area contributed by atoms with Gasteiger partial charge >= 0.3 is 0 Å². The van der Waals surface area contributed by atoms with Crippen LogP contribution in [0.25, 0.3) is 0 Å². The second-order valence-electron chi connectivity index (χ2n) is 13.7. The summed E-state index contributed by atoms with van der Waals surface area (Å²) in [5.41, 5.74) is 0. The molecule has 0 fully saturated rings. The number of rotatable bonds is 35. The van der Waals surface area contributed by atoms with Gasteiger partial charge in [-0.15, -0.1) is 0 Å². The smallest absolute Gasteiger partial charge is 0.267 e. The third-order valence-corrected chi connectivity index (χ3v) is 9.85. The summed E-state index contributed by atoms with van der Waals surface area (Å²) in [6.07, 6.45) is 35.7. The average Bonchev–Trinajstić information content (AvgIpc) is 3.01. The minimum Gasteiger partial charge on any atom is -0.387 e. The Kier molecular flexibility index (Phi) is 31.9. The zero-order valence-electron chi connectivity index (χ0n) is 30.1. The summed E-state index contributed by atoms with van der Waals surface area (Å²) >= 11 is 0. The summed E-state index contributed by atoms with van der Waals surface area (Å²) in [6.45, 7) is 4.47. The fourth-order valence-corrected chi connectivity index (χ4v) is 6.78. The van der Waals surface area contributed by atoms with E-state index in [9.17, 15) is 28.0 Å². The highest BCUT2D eigenvalue weighted by molar-refractivity contribution is 7.85. The zero-order chi connectivity index (χ0) is 34.1. The number of hydrogen-bond acceptors (Lipinski definition) is 5. The third-order valence-electron chi connectivity index (χ3n) is 9.07. The van der Waals surface area contributed by atoms with Crippen LogP contribution in [0.15, 0.2) is 12.2 Å². The lowest BCUT2D eigenvalue weighted by molar-refractivity contribution is -0.130. The first-order valence-corrected chi connectivity index (χ1v) is 21.1. The maximum absolute atomic E-state index is 12.5. The Morgan fingerprint density at radius 2 is 0.935 bits per heavy atom. The van der Waals surface area contributed by atoms with Crippen LogP contribution in [0, 0.1) is 0 Å². The average molecular weight is 674 g/mol. The van der Waals surface area contributed by atoms with Crippen LogP contribution in [0.1, 0.15) is 200 Å². The van der Waals surface area contributed by atoms with Gasteiger partial charge in [0, 0.05) is 0 Å². The van der Waals surface area contributed by atoms with Crippen LogP contribution in [0.5, 0.6) is 0 Å². The molecule has 0 aromatic carbocycles. The molecule has 0 bridgehead atoms. The second-order valence-corrected chi connectivity index (χ2v) is 15.2. The number of amides is 1. The predicted octanol–water partition coefficient (Wildman–Crippen LogP) is 9.99. The first kappa shape index (κ1) is 45.0. The molecule has 0 heterocycles.